The van der Waals surface area contributed by atoms with Crippen molar-refractivity contribution in [2.24, 2.45) is 5.92 Å². The molecule has 2 nitrogen and oxygen atoms in total. The van der Waals surface area contributed by atoms with Crippen LogP contribution in [0, 0.1) is 5.92 Å². The van der Waals surface area contributed by atoms with E-state index < -0.39 is 12.1 Å². The maximum Gasteiger partial charge on any atom is 0.303 e. The van der Waals surface area contributed by atoms with Crippen LogP contribution in [-0.4, -0.2) is 17.2 Å². The lowest BCUT2D eigenvalue weighted by Gasteiger charge is -2.22. The molecule has 0 radical (unpaired) electrons. The second kappa shape index (κ2) is 12.2. The number of carbonyl (C=O) groups is 1. The highest BCUT2D eigenvalue weighted by Crippen LogP contribution is 2.44. The highest BCUT2D eigenvalue weighted by molar-refractivity contribution is 5.66. The van der Waals surface area contributed by atoms with Crippen LogP contribution in [0.4, 0.5) is 4.39 Å². The van der Waals surface area contributed by atoms with Crippen molar-refractivity contribution < 1.29 is 14.3 Å². The molecule has 1 aromatic carbocycles. The van der Waals surface area contributed by atoms with E-state index in [2.05, 4.69) is 31.2 Å². The minimum absolute atomic E-state index is 0.139. The van der Waals surface area contributed by atoms with Crippen molar-refractivity contribution in [2.45, 2.75) is 102 Å². The van der Waals surface area contributed by atoms with Gasteiger partial charge in [-0.25, -0.2) is 4.39 Å². The zero-order chi connectivity index (χ0) is 19.5. The predicted molar refractivity (Wildman–Crippen MR) is 110 cm³/mol. The monoisotopic (exact) mass is 376 g/mol. The summed E-state index contributed by atoms with van der Waals surface area (Å²) in [6.07, 6.45) is 12.1. The smallest absolute Gasteiger partial charge is 0.303 e. The lowest BCUT2D eigenvalue weighted by Crippen LogP contribution is -2.15. The number of rotatable bonds is 13. The third kappa shape index (κ3) is 7.63. The Morgan fingerprint density at radius 2 is 1.70 bits per heavy atom. The molecule has 0 heterocycles. The van der Waals surface area contributed by atoms with Crippen molar-refractivity contribution in [3.63, 3.8) is 0 Å². The highest BCUT2D eigenvalue weighted by Gasteiger charge is 2.36. The van der Waals surface area contributed by atoms with E-state index in [1.807, 2.05) is 0 Å². The number of halogens is 1. The van der Waals surface area contributed by atoms with Crippen LogP contribution in [0.5, 0.6) is 0 Å². The molecule has 1 aromatic rings. The zero-order valence-electron chi connectivity index (χ0n) is 17.0. The average Bonchev–Trinajstić information content (AvgIpc) is 3.02. The van der Waals surface area contributed by atoms with Crippen molar-refractivity contribution in [2.75, 3.05) is 0 Å². The van der Waals surface area contributed by atoms with E-state index in [9.17, 15) is 9.18 Å². The Morgan fingerprint density at radius 3 is 2.41 bits per heavy atom. The Labute approximate surface area is 164 Å². The summed E-state index contributed by atoms with van der Waals surface area (Å²) in [6, 6.07) is 8.96. The normalized spacial score (nSPS) is 22.2. The van der Waals surface area contributed by atoms with E-state index >= 15 is 0 Å². The number of hydrogen-bond acceptors (Lipinski definition) is 1. The van der Waals surface area contributed by atoms with Gasteiger partial charge in [0.15, 0.2) is 0 Å². The Balaban J connectivity index is 1.78. The topological polar surface area (TPSA) is 37.3 Å². The van der Waals surface area contributed by atoms with Gasteiger partial charge in [0, 0.05) is 6.42 Å². The zero-order valence-corrected chi connectivity index (χ0v) is 17.0. The fourth-order valence-corrected chi connectivity index (χ4v) is 4.51. The summed E-state index contributed by atoms with van der Waals surface area (Å²) >= 11 is 0. The average molecular weight is 377 g/mol. The predicted octanol–water partition coefficient (Wildman–Crippen LogP) is 7.07. The van der Waals surface area contributed by atoms with Gasteiger partial charge in [-0.05, 0) is 61.5 Å². The van der Waals surface area contributed by atoms with Gasteiger partial charge in [-0.2, -0.15) is 0 Å². The van der Waals surface area contributed by atoms with Crippen LogP contribution in [0.15, 0.2) is 24.3 Å². The van der Waals surface area contributed by atoms with Crippen molar-refractivity contribution in [3.05, 3.63) is 35.4 Å². The molecule has 0 saturated heterocycles. The number of carboxylic acids is 1. The molecule has 152 valence electrons. The first kappa shape index (κ1) is 21.9. The summed E-state index contributed by atoms with van der Waals surface area (Å²) in [6.45, 7) is 2.24. The van der Waals surface area contributed by atoms with E-state index in [-0.39, 0.29) is 12.3 Å². The molecule has 0 amide bonds. The standard InChI is InChI=1S/C24H37FO2/c1-2-3-4-7-10-19-13-15-20(16-14-19)21-17-18-23(25)22(21)11-8-5-6-9-12-24(26)27/h13-16,21-23H,2-12,17-18H2,1H3,(H,26,27)/t21?,22-,23?/m1/s1. The summed E-state index contributed by atoms with van der Waals surface area (Å²) in [7, 11) is 0. The molecule has 2 rings (SSSR count). The summed E-state index contributed by atoms with van der Waals surface area (Å²) in [5.74, 6) is -0.225. The van der Waals surface area contributed by atoms with Crippen LogP contribution < -0.4 is 0 Å². The van der Waals surface area contributed by atoms with Crippen molar-refractivity contribution >= 4 is 5.97 Å². The van der Waals surface area contributed by atoms with Crippen molar-refractivity contribution in [1.29, 1.82) is 0 Å². The van der Waals surface area contributed by atoms with Gasteiger partial charge in [0.2, 0.25) is 0 Å². The number of aliphatic carboxylic acids is 1. The van der Waals surface area contributed by atoms with Gasteiger partial charge in [0.1, 0.15) is 6.17 Å². The number of carboxylic acid groups (broad SMARTS) is 1. The molecule has 1 saturated carbocycles. The number of aryl methyl sites for hydroxylation is 1. The fraction of sp³-hybridized carbons (Fsp3) is 0.708. The van der Waals surface area contributed by atoms with E-state index in [1.165, 1.54) is 36.8 Å². The van der Waals surface area contributed by atoms with E-state index in [1.54, 1.807) is 0 Å². The van der Waals surface area contributed by atoms with Crippen LogP contribution in [0.1, 0.15) is 101 Å². The molecular weight excluding hydrogens is 339 g/mol. The summed E-state index contributed by atoms with van der Waals surface area (Å²) in [4.78, 5) is 10.5. The van der Waals surface area contributed by atoms with Gasteiger partial charge < -0.3 is 5.11 Å². The number of alkyl halides is 1. The van der Waals surface area contributed by atoms with Crippen LogP contribution >= 0.6 is 0 Å². The van der Waals surface area contributed by atoms with Gasteiger partial charge in [-0.15, -0.1) is 0 Å². The number of benzene rings is 1. The third-order valence-electron chi connectivity index (χ3n) is 6.14. The summed E-state index contributed by atoms with van der Waals surface area (Å²) in [5, 5.41) is 8.68. The largest absolute Gasteiger partial charge is 0.481 e. The van der Waals surface area contributed by atoms with E-state index in [4.69, 9.17) is 5.11 Å². The molecule has 2 unspecified atom stereocenters. The van der Waals surface area contributed by atoms with Gasteiger partial charge >= 0.3 is 5.97 Å². The molecule has 3 heteroatoms. The third-order valence-corrected chi connectivity index (χ3v) is 6.14. The first-order valence-electron chi connectivity index (χ1n) is 11.1. The summed E-state index contributed by atoms with van der Waals surface area (Å²) < 4.78 is 14.4. The number of hydrogen-bond donors (Lipinski definition) is 1. The molecule has 1 fully saturated rings. The van der Waals surface area contributed by atoms with Gasteiger partial charge in [0.25, 0.3) is 0 Å². The molecule has 1 N–H and O–H groups in total. The van der Waals surface area contributed by atoms with Crippen LogP contribution in [0.2, 0.25) is 0 Å². The Kier molecular flexibility index (Phi) is 9.86. The van der Waals surface area contributed by atoms with Crippen molar-refractivity contribution in [3.8, 4) is 0 Å². The van der Waals surface area contributed by atoms with E-state index in [0.29, 0.717) is 12.3 Å². The maximum atomic E-state index is 14.4. The van der Waals surface area contributed by atoms with Gasteiger partial charge in [-0.1, -0.05) is 69.7 Å². The van der Waals surface area contributed by atoms with Crippen LogP contribution in [0.3, 0.4) is 0 Å². The Hall–Kier alpha value is -1.38. The van der Waals surface area contributed by atoms with Gasteiger partial charge in [-0.3, -0.25) is 4.79 Å². The minimum atomic E-state index is -0.719. The van der Waals surface area contributed by atoms with Gasteiger partial charge in [0.05, 0.1) is 0 Å². The molecular formula is C24H37FO2. The highest BCUT2D eigenvalue weighted by atomic mass is 19.1. The lowest BCUT2D eigenvalue weighted by atomic mass is 9.84. The van der Waals surface area contributed by atoms with Crippen LogP contribution in [0.25, 0.3) is 0 Å². The second-order valence-corrected chi connectivity index (χ2v) is 8.26. The van der Waals surface area contributed by atoms with Crippen molar-refractivity contribution in [1.82, 2.24) is 0 Å². The first-order chi connectivity index (χ1) is 13.1. The fourth-order valence-electron chi connectivity index (χ4n) is 4.51. The molecule has 0 aromatic heterocycles. The minimum Gasteiger partial charge on any atom is -0.481 e. The molecule has 0 bridgehead atoms. The van der Waals surface area contributed by atoms with E-state index in [0.717, 1.165) is 44.9 Å². The second-order valence-electron chi connectivity index (χ2n) is 8.26. The first-order valence-corrected chi connectivity index (χ1v) is 11.1. The Bertz CT molecular complexity index is 540. The van der Waals surface area contributed by atoms with Crippen LogP contribution in [-0.2, 0) is 11.2 Å². The quantitative estimate of drug-likeness (QED) is 0.374. The molecule has 0 spiro atoms. The molecule has 0 aliphatic heterocycles. The molecule has 27 heavy (non-hydrogen) atoms. The molecule has 1 aliphatic rings. The number of unbranched alkanes of at least 4 members (excludes halogenated alkanes) is 6. The summed E-state index contributed by atoms with van der Waals surface area (Å²) in [5.41, 5.74) is 2.71. The Morgan fingerprint density at radius 1 is 1.00 bits per heavy atom. The maximum absolute atomic E-state index is 14.4. The molecule has 1 aliphatic carbocycles. The SMILES string of the molecule is CCCCCCc1ccc(C2CCC(F)[C@@H]2CCCCCCC(=O)O)cc1. The molecule has 3 atom stereocenters. The lowest BCUT2D eigenvalue weighted by molar-refractivity contribution is -0.137.